The molecule has 22 heavy (non-hydrogen) atoms. The van der Waals surface area contributed by atoms with E-state index >= 15 is 0 Å². The van der Waals surface area contributed by atoms with E-state index in [1.807, 2.05) is 0 Å². The third-order valence-corrected chi connectivity index (χ3v) is 5.43. The van der Waals surface area contributed by atoms with Crippen LogP contribution in [-0.4, -0.2) is 54.5 Å². The number of nitrogens with one attached hydrogen (secondary N) is 1. The Balaban J connectivity index is 2.20. The number of rotatable bonds is 5. The molecule has 0 unspecified atom stereocenters. The predicted octanol–water partition coefficient (Wildman–Crippen LogP) is -0.528. The number of ether oxygens (including phenoxy) is 1. The van der Waals surface area contributed by atoms with E-state index in [0.717, 1.165) is 6.20 Å². The van der Waals surface area contributed by atoms with Gasteiger partial charge in [-0.05, 0) is 19.8 Å². The minimum atomic E-state index is -3.90. The van der Waals surface area contributed by atoms with Crippen molar-refractivity contribution in [2.24, 2.45) is 11.7 Å². The Bertz CT molecular complexity index is 661. The molecule has 1 aromatic rings. The van der Waals surface area contributed by atoms with Gasteiger partial charge in [0.25, 0.3) is 10.0 Å². The van der Waals surface area contributed by atoms with Crippen molar-refractivity contribution in [2.45, 2.75) is 24.8 Å². The van der Waals surface area contributed by atoms with Crippen LogP contribution in [0.25, 0.3) is 0 Å². The maximum absolute atomic E-state index is 12.6. The summed E-state index contributed by atoms with van der Waals surface area (Å²) in [6, 6.07) is 0. The summed E-state index contributed by atoms with van der Waals surface area (Å²) >= 11 is 0. The Morgan fingerprint density at radius 3 is 2.64 bits per heavy atom. The number of amides is 1. The molecule has 0 atom stereocenters. The number of primary amides is 1. The SMILES string of the molecule is CCOC(=O)c1cn[nH]c1S(=O)(=O)N1CCC(C(N)=O)CC1. The van der Waals surface area contributed by atoms with E-state index in [-0.39, 0.29) is 36.2 Å². The summed E-state index contributed by atoms with van der Waals surface area (Å²) in [5, 5.41) is 5.68. The highest BCUT2D eigenvalue weighted by atomic mass is 32.2. The van der Waals surface area contributed by atoms with E-state index in [1.165, 1.54) is 4.31 Å². The molecule has 0 aliphatic carbocycles. The fourth-order valence-corrected chi connectivity index (χ4v) is 3.87. The third-order valence-electron chi connectivity index (χ3n) is 3.55. The lowest BCUT2D eigenvalue weighted by molar-refractivity contribution is -0.122. The van der Waals surface area contributed by atoms with Crippen molar-refractivity contribution in [3.05, 3.63) is 11.8 Å². The smallest absolute Gasteiger partial charge is 0.342 e. The largest absolute Gasteiger partial charge is 0.462 e. The second-order valence-electron chi connectivity index (χ2n) is 4.91. The van der Waals surface area contributed by atoms with Crippen LogP contribution >= 0.6 is 0 Å². The van der Waals surface area contributed by atoms with E-state index in [2.05, 4.69) is 10.2 Å². The summed E-state index contributed by atoms with van der Waals surface area (Å²) in [4.78, 5) is 22.9. The molecule has 2 rings (SSSR count). The number of carbonyl (C=O) groups is 2. The van der Waals surface area contributed by atoms with Gasteiger partial charge in [-0.15, -0.1) is 0 Å². The lowest BCUT2D eigenvalue weighted by Crippen LogP contribution is -2.42. The van der Waals surface area contributed by atoms with Crippen LogP contribution in [-0.2, 0) is 19.6 Å². The number of hydrogen-bond donors (Lipinski definition) is 2. The average molecular weight is 330 g/mol. The predicted molar refractivity (Wildman–Crippen MR) is 75.2 cm³/mol. The zero-order valence-corrected chi connectivity index (χ0v) is 12.9. The summed E-state index contributed by atoms with van der Waals surface area (Å²) in [5.74, 6) is -1.50. The molecule has 0 saturated carbocycles. The molecule has 0 aromatic carbocycles. The maximum Gasteiger partial charge on any atom is 0.342 e. The maximum atomic E-state index is 12.6. The first-order valence-electron chi connectivity index (χ1n) is 6.87. The Labute approximate surface area is 127 Å². The highest BCUT2D eigenvalue weighted by Gasteiger charge is 2.35. The van der Waals surface area contributed by atoms with Crippen LogP contribution in [0.15, 0.2) is 11.2 Å². The fraction of sp³-hybridized carbons (Fsp3) is 0.583. The van der Waals surface area contributed by atoms with Gasteiger partial charge in [-0.25, -0.2) is 13.2 Å². The minimum Gasteiger partial charge on any atom is -0.462 e. The molecular weight excluding hydrogens is 312 g/mol. The number of hydrogen-bond acceptors (Lipinski definition) is 6. The van der Waals surface area contributed by atoms with Gasteiger partial charge in [0, 0.05) is 19.0 Å². The van der Waals surface area contributed by atoms with Gasteiger partial charge in [0.15, 0.2) is 5.03 Å². The van der Waals surface area contributed by atoms with Crippen LogP contribution in [0.2, 0.25) is 0 Å². The van der Waals surface area contributed by atoms with Crippen LogP contribution in [0.3, 0.4) is 0 Å². The Morgan fingerprint density at radius 1 is 1.45 bits per heavy atom. The molecule has 1 fully saturated rings. The number of esters is 1. The molecule has 3 N–H and O–H groups in total. The third kappa shape index (κ3) is 3.12. The summed E-state index contributed by atoms with van der Waals surface area (Å²) < 4.78 is 31.2. The van der Waals surface area contributed by atoms with Gasteiger partial charge in [-0.3, -0.25) is 9.89 Å². The molecule has 1 aliphatic heterocycles. The van der Waals surface area contributed by atoms with Gasteiger partial charge in [0.05, 0.1) is 12.8 Å². The summed E-state index contributed by atoms with van der Waals surface area (Å²) in [7, 11) is -3.90. The number of aromatic amines is 1. The Morgan fingerprint density at radius 2 is 2.09 bits per heavy atom. The fourth-order valence-electron chi connectivity index (χ4n) is 2.33. The molecule has 0 bridgehead atoms. The lowest BCUT2D eigenvalue weighted by Gasteiger charge is -2.29. The number of H-pyrrole nitrogens is 1. The summed E-state index contributed by atoms with van der Waals surface area (Å²) in [6.45, 7) is 2.09. The van der Waals surface area contributed by atoms with Crippen molar-refractivity contribution in [1.29, 1.82) is 0 Å². The average Bonchev–Trinajstić information content (AvgIpc) is 2.98. The second-order valence-corrected chi connectivity index (χ2v) is 6.79. The quantitative estimate of drug-likeness (QED) is 0.697. The first-order chi connectivity index (χ1) is 10.4. The number of nitrogens with zero attached hydrogens (tertiary/aromatic N) is 2. The van der Waals surface area contributed by atoms with Crippen LogP contribution in [0, 0.1) is 5.92 Å². The van der Waals surface area contributed by atoms with Crippen molar-refractivity contribution >= 4 is 21.9 Å². The molecule has 1 aromatic heterocycles. The number of nitrogens with two attached hydrogens (primary N) is 1. The molecule has 1 aliphatic rings. The summed E-state index contributed by atoms with van der Waals surface area (Å²) in [6.07, 6.45) is 1.84. The van der Waals surface area contributed by atoms with E-state index in [0.29, 0.717) is 12.8 Å². The molecule has 2 heterocycles. The first-order valence-corrected chi connectivity index (χ1v) is 8.32. The van der Waals surface area contributed by atoms with Crippen molar-refractivity contribution in [3.63, 3.8) is 0 Å². The second kappa shape index (κ2) is 6.44. The normalized spacial score (nSPS) is 17.3. The highest BCUT2D eigenvalue weighted by Crippen LogP contribution is 2.24. The number of piperidine rings is 1. The molecule has 1 saturated heterocycles. The molecular formula is C12H18N4O5S. The molecule has 122 valence electrons. The zero-order chi connectivity index (χ0) is 16.3. The van der Waals surface area contributed by atoms with Crippen LogP contribution < -0.4 is 5.73 Å². The van der Waals surface area contributed by atoms with Crippen LogP contribution in [0.4, 0.5) is 0 Å². The van der Waals surface area contributed by atoms with Gasteiger partial charge < -0.3 is 10.5 Å². The number of aromatic nitrogens is 2. The molecule has 10 heteroatoms. The van der Waals surface area contributed by atoms with Gasteiger partial charge in [-0.2, -0.15) is 9.40 Å². The van der Waals surface area contributed by atoms with Crippen molar-refractivity contribution in [3.8, 4) is 0 Å². The van der Waals surface area contributed by atoms with Gasteiger partial charge >= 0.3 is 5.97 Å². The Hall–Kier alpha value is -1.94. The summed E-state index contributed by atoms with van der Waals surface area (Å²) in [5.41, 5.74) is 5.10. The number of sulfonamides is 1. The van der Waals surface area contributed by atoms with Crippen molar-refractivity contribution in [1.82, 2.24) is 14.5 Å². The van der Waals surface area contributed by atoms with Crippen molar-refractivity contribution < 1.29 is 22.7 Å². The van der Waals surface area contributed by atoms with Gasteiger partial charge in [0.1, 0.15) is 5.56 Å². The topological polar surface area (TPSA) is 135 Å². The van der Waals surface area contributed by atoms with E-state index < -0.39 is 21.9 Å². The first kappa shape index (κ1) is 16.4. The monoisotopic (exact) mass is 330 g/mol. The number of carbonyl (C=O) groups excluding carboxylic acids is 2. The lowest BCUT2D eigenvalue weighted by atomic mass is 9.98. The molecule has 1 amide bonds. The van der Waals surface area contributed by atoms with E-state index in [4.69, 9.17) is 10.5 Å². The van der Waals surface area contributed by atoms with E-state index in [9.17, 15) is 18.0 Å². The van der Waals surface area contributed by atoms with Gasteiger partial charge in [0.2, 0.25) is 5.91 Å². The zero-order valence-electron chi connectivity index (χ0n) is 12.1. The highest BCUT2D eigenvalue weighted by molar-refractivity contribution is 7.89. The van der Waals surface area contributed by atoms with Gasteiger partial charge in [-0.1, -0.05) is 0 Å². The van der Waals surface area contributed by atoms with Crippen molar-refractivity contribution in [2.75, 3.05) is 19.7 Å². The van der Waals surface area contributed by atoms with E-state index in [1.54, 1.807) is 6.92 Å². The Kier molecular flexibility index (Phi) is 4.81. The standard InChI is InChI=1S/C12H18N4O5S/c1-2-21-12(18)9-7-14-15-11(9)22(19,20)16-5-3-8(4-6-16)10(13)17/h7-8H,2-6H2,1H3,(H2,13,17)(H,14,15). The van der Waals surface area contributed by atoms with Crippen LogP contribution in [0.5, 0.6) is 0 Å². The molecule has 9 nitrogen and oxygen atoms in total. The molecule has 0 radical (unpaired) electrons. The van der Waals surface area contributed by atoms with Crippen LogP contribution in [0.1, 0.15) is 30.1 Å². The minimum absolute atomic E-state index is 0.126. The molecule has 0 spiro atoms.